The van der Waals surface area contributed by atoms with E-state index in [0.29, 0.717) is 0 Å². The van der Waals surface area contributed by atoms with Gasteiger partial charge in [0.15, 0.2) is 0 Å². The van der Waals surface area contributed by atoms with Gasteiger partial charge in [-0.05, 0) is 27.7 Å². The van der Waals surface area contributed by atoms with Crippen molar-refractivity contribution in [2.24, 2.45) is 0 Å². The zero-order chi connectivity index (χ0) is 12.4. The van der Waals surface area contributed by atoms with Gasteiger partial charge in [0.1, 0.15) is 12.7 Å². The largest absolute Gasteiger partial charge is 0.461 e. The van der Waals surface area contributed by atoms with E-state index in [1.807, 2.05) is 0 Å². The van der Waals surface area contributed by atoms with Gasteiger partial charge in [0.2, 0.25) is 0 Å². The quantitative estimate of drug-likeness (QED) is 0.745. The van der Waals surface area contributed by atoms with E-state index in [0.717, 1.165) is 12.8 Å². The molecule has 1 aliphatic heterocycles. The minimum atomic E-state index is -0.277. The molecule has 16 heavy (non-hydrogen) atoms. The topological polar surface area (TPSA) is 47.6 Å². The summed E-state index contributed by atoms with van der Waals surface area (Å²) in [5.74, 6) is -0.277. The summed E-state index contributed by atoms with van der Waals surface area (Å²) < 4.78 is 10.2. The normalized spacial score (nSPS) is 24.1. The van der Waals surface area contributed by atoms with Crippen LogP contribution < -0.4 is 5.32 Å². The minimum Gasteiger partial charge on any atom is -0.461 e. The molecule has 0 saturated carbocycles. The van der Waals surface area contributed by atoms with Crippen molar-refractivity contribution in [1.82, 2.24) is 5.32 Å². The molecular formula is C12H23NO3. The van der Waals surface area contributed by atoms with E-state index in [2.05, 4.69) is 33.0 Å². The molecule has 0 aromatic rings. The van der Waals surface area contributed by atoms with Gasteiger partial charge in [0.25, 0.3) is 0 Å². The van der Waals surface area contributed by atoms with E-state index >= 15 is 0 Å². The van der Waals surface area contributed by atoms with Crippen molar-refractivity contribution in [3.05, 3.63) is 0 Å². The molecule has 1 fully saturated rings. The van der Waals surface area contributed by atoms with Gasteiger partial charge < -0.3 is 14.8 Å². The Morgan fingerprint density at radius 3 is 2.19 bits per heavy atom. The molecule has 1 rings (SSSR count). The van der Waals surface area contributed by atoms with Crippen molar-refractivity contribution in [2.45, 2.75) is 57.7 Å². The van der Waals surface area contributed by atoms with E-state index < -0.39 is 0 Å². The third-order valence-electron chi connectivity index (χ3n) is 2.71. The number of hydrogen-bond acceptors (Lipinski definition) is 4. The standard InChI is InChI=1S/C12H23NO3/c1-11(2)6-9(7-12(3,4)13-11)16-10(14)8-15-5/h9,13H,6-8H2,1-5H3. The van der Waals surface area contributed by atoms with E-state index in [9.17, 15) is 4.79 Å². The lowest BCUT2D eigenvalue weighted by atomic mass is 9.81. The number of carbonyl (C=O) groups excluding carboxylic acids is 1. The van der Waals surface area contributed by atoms with Crippen LogP contribution in [0.2, 0.25) is 0 Å². The highest BCUT2D eigenvalue weighted by Gasteiger charge is 2.39. The second kappa shape index (κ2) is 4.72. The number of rotatable bonds is 3. The molecule has 0 atom stereocenters. The van der Waals surface area contributed by atoms with Crippen LogP contribution in [0.3, 0.4) is 0 Å². The second-order valence-electron chi connectivity index (χ2n) is 5.85. The second-order valence-corrected chi connectivity index (χ2v) is 5.85. The highest BCUT2D eigenvalue weighted by Crippen LogP contribution is 2.30. The van der Waals surface area contributed by atoms with Crippen molar-refractivity contribution < 1.29 is 14.3 Å². The summed E-state index contributed by atoms with van der Waals surface area (Å²) in [6.45, 7) is 8.55. The monoisotopic (exact) mass is 229 g/mol. The van der Waals surface area contributed by atoms with Crippen molar-refractivity contribution in [3.8, 4) is 0 Å². The molecule has 0 spiro atoms. The lowest BCUT2D eigenvalue weighted by Crippen LogP contribution is -2.59. The molecule has 0 bridgehead atoms. The Morgan fingerprint density at radius 1 is 1.25 bits per heavy atom. The lowest BCUT2D eigenvalue weighted by Gasteiger charge is -2.45. The molecule has 94 valence electrons. The highest BCUT2D eigenvalue weighted by atomic mass is 16.6. The summed E-state index contributed by atoms with van der Waals surface area (Å²) in [6.07, 6.45) is 1.66. The van der Waals surface area contributed by atoms with Gasteiger partial charge in [-0.1, -0.05) is 0 Å². The summed E-state index contributed by atoms with van der Waals surface area (Å²) >= 11 is 0. The molecular weight excluding hydrogens is 206 g/mol. The highest BCUT2D eigenvalue weighted by molar-refractivity contribution is 5.70. The molecule has 4 nitrogen and oxygen atoms in total. The number of hydrogen-bond donors (Lipinski definition) is 1. The SMILES string of the molecule is COCC(=O)OC1CC(C)(C)NC(C)(C)C1. The van der Waals surface area contributed by atoms with Crippen molar-refractivity contribution >= 4 is 5.97 Å². The molecule has 0 aliphatic carbocycles. The predicted molar refractivity (Wildman–Crippen MR) is 62.3 cm³/mol. The summed E-state index contributed by atoms with van der Waals surface area (Å²) in [5.41, 5.74) is -0.000459. The average molecular weight is 229 g/mol. The van der Waals surface area contributed by atoms with Crippen LogP contribution >= 0.6 is 0 Å². The molecule has 1 N–H and O–H groups in total. The number of esters is 1. The van der Waals surface area contributed by atoms with Gasteiger partial charge in [-0.15, -0.1) is 0 Å². The first-order valence-electron chi connectivity index (χ1n) is 5.72. The first-order chi connectivity index (χ1) is 7.24. The number of methoxy groups -OCH3 is 1. The molecule has 0 radical (unpaired) electrons. The van der Waals surface area contributed by atoms with E-state index in [-0.39, 0.29) is 29.8 Å². The summed E-state index contributed by atoms with van der Waals surface area (Å²) in [5, 5.41) is 3.54. The van der Waals surface area contributed by atoms with E-state index in [1.165, 1.54) is 7.11 Å². The van der Waals surface area contributed by atoms with Gasteiger partial charge >= 0.3 is 5.97 Å². The average Bonchev–Trinajstić information content (AvgIpc) is 1.96. The molecule has 1 heterocycles. The number of carbonyl (C=O) groups is 1. The van der Waals surface area contributed by atoms with Crippen LogP contribution in [0.25, 0.3) is 0 Å². The van der Waals surface area contributed by atoms with E-state index in [1.54, 1.807) is 0 Å². The molecule has 0 amide bonds. The third kappa shape index (κ3) is 4.10. The molecule has 4 heteroatoms. The smallest absolute Gasteiger partial charge is 0.332 e. The molecule has 0 aromatic heterocycles. The maximum absolute atomic E-state index is 11.4. The van der Waals surface area contributed by atoms with Crippen molar-refractivity contribution in [2.75, 3.05) is 13.7 Å². The number of nitrogens with one attached hydrogen (secondary N) is 1. The lowest BCUT2D eigenvalue weighted by molar-refractivity contribution is -0.157. The maximum atomic E-state index is 11.4. The molecule has 0 aromatic carbocycles. The van der Waals surface area contributed by atoms with Crippen LogP contribution in [0, 0.1) is 0 Å². The Balaban J connectivity index is 2.57. The van der Waals surface area contributed by atoms with Crippen LogP contribution in [0.4, 0.5) is 0 Å². The van der Waals surface area contributed by atoms with Gasteiger partial charge in [-0.3, -0.25) is 0 Å². The first kappa shape index (κ1) is 13.5. The van der Waals surface area contributed by atoms with Crippen LogP contribution in [0.1, 0.15) is 40.5 Å². The first-order valence-corrected chi connectivity index (χ1v) is 5.72. The van der Waals surface area contributed by atoms with Crippen LogP contribution in [-0.2, 0) is 14.3 Å². The molecule has 1 saturated heterocycles. The van der Waals surface area contributed by atoms with Gasteiger partial charge in [-0.2, -0.15) is 0 Å². The van der Waals surface area contributed by atoms with Crippen LogP contribution in [0.15, 0.2) is 0 Å². The Labute approximate surface area is 97.7 Å². The predicted octanol–water partition coefficient (Wildman–Crippen LogP) is 1.49. The third-order valence-corrected chi connectivity index (χ3v) is 2.71. The Hall–Kier alpha value is -0.610. The van der Waals surface area contributed by atoms with E-state index in [4.69, 9.17) is 9.47 Å². The summed E-state index contributed by atoms with van der Waals surface area (Å²) in [7, 11) is 1.50. The zero-order valence-electron chi connectivity index (χ0n) is 10.9. The zero-order valence-corrected chi connectivity index (χ0v) is 10.9. The fourth-order valence-corrected chi connectivity index (χ4v) is 2.65. The Bertz CT molecular complexity index is 245. The number of piperidine rings is 1. The van der Waals surface area contributed by atoms with Gasteiger partial charge in [-0.25, -0.2) is 4.79 Å². The van der Waals surface area contributed by atoms with Crippen molar-refractivity contribution in [3.63, 3.8) is 0 Å². The minimum absolute atomic E-state index is 0.000230. The summed E-state index contributed by atoms with van der Waals surface area (Å²) in [6, 6.07) is 0. The Morgan fingerprint density at radius 2 is 1.75 bits per heavy atom. The molecule has 1 aliphatic rings. The van der Waals surface area contributed by atoms with Crippen LogP contribution in [0.5, 0.6) is 0 Å². The Kier molecular flexibility index (Phi) is 3.97. The van der Waals surface area contributed by atoms with Crippen molar-refractivity contribution in [1.29, 1.82) is 0 Å². The summed E-state index contributed by atoms with van der Waals surface area (Å²) in [4.78, 5) is 11.4. The van der Waals surface area contributed by atoms with Crippen LogP contribution in [-0.4, -0.2) is 36.9 Å². The molecule has 0 unspecified atom stereocenters. The van der Waals surface area contributed by atoms with Gasteiger partial charge in [0, 0.05) is 31.0 Å². The fourth-order valence-electron chi connectivity index (χ4n) is 2.65. The fraction of sp³-hybridized carbons (Fsp3) is 0.917. The van der Waals surface area contributed by atoms with Gasteiger partial charge in [0.05, 0.1) is 0 Å². The maximum Gasteiger partial charge on any atom is 0.332 e. The number of ether oxygens (including phenoxy) is 2.